The Bertz CT molecular complexity index is 917. The number of nitrogens with one attached hydrogen (secondary N) is 2. The van der Waals surface area contributed by atoms with Crippen molar-refractivity contribution in [2.24, 2.45) is 0 Å². The molecule has 0 fully saturated rings. The van der Waals surface area contributed by atoms with Crippen molar-refractivity contribution in [2.45, 2.75) is 12.8 Å². The van der Waals surface area contributed by atoms with Gasteiger partial charge >= 0.3 is 11.9 Å². The molecule has 1 amide bonds. The van der Waals surface area contributed by atoms with Crippen LogP contribution in [0.5, 0.6) is 0 Å². The second-order valence-corrected chi connectivity index (χ2v) is 6.37. The summed E-state index contributed by atoms with van der Waals surface area (Å²) >= 11 is 0. The Kier molecular flexibility index (Phi) is 9.83. The molecule has 0 unspecified atom stereocenters. The van der Waals surface area contributed by atoms with Crippen molar-refractivity contribution >= 4 is 28.7 Å². The van der Waals surface area contributed by atoms with Gasteiger partial charge in [0.25, 0.3) is 5.91 Å². The van der Waals surface area contributed by atoms with Gasteiger partial charge in [-0.1, -0.05) is 12.1 Å². The fourth-order valence-corrected chi connectivity index (χ4v) is 2.31. The highest BCUT2D eigenvalue weighted by atomic mass is 16.4. The van der Waals surface area contributed by atoms with Crippen LogP contribution >= 0.6 is 0 Å². The zero-order valence-electron chi connectivity index (χ0n) is 16.3. The Morgan fingerprint density at radius 2 is 1.69 bits per heavy atom. The van der Waals surface area contributed by atoms with E-state index < -0.39 is 11.9 Å². The van der Waals surface area contributed by atoms with Crippen LogP contribution in [-0.4, -0.2) is 65.1 Å². The Hall–Kier alpha value is -3.46. The summed E-state index contributed by atoms with van der Waals surface area (Å²) < 4.78 is 0. The summed E-state index contributed by atoms with van der Waals surface area (Å²) in [7, 11) is 4.05. The standard InChI is InChI=1S/C16H21N3O2.C4H4O4/c1-19(2)10-6-5-9-17-16(21)14-11-15(20)12-7-3-4-8-13(12)18-14;5-3(6)1-2-4(7)8/h3-4,7-8,11H,5-6,9-10H2,1-2H3,(H,17,21)(H,18,20);1-2H,(H,5,6)(H,7,8)/b;2-1-. The molecular weight excluding hydrogens is 378 g/mol. The first-order valence-corrected chi connectivity index (χ1v) is 8.89. The number of aromatic amines is 1. The number of pyridine rings is 1. The molecule has 1 heterocycles. The van der Waals surface area contributed by atoms with Crippen molar-refractivity contribution in [1.29, 1.82) is 0 Å². The van der Waals surface area contributed by atoms with Crippen molar-refractivity contribution in [3.05, 3.63) is 58.4 Å². The summed E-state index contributed by atoms with van der Waals surface area (Å²) in [6.07, 6.45) is 3.06. The van der Waals surface area contributed by atoms with Crippen LogP contribution in [0, 0.1) is 0 Å². The van der Waals surface area contributed by atoms with Gasteiger partial charge in [0.1, 0.15) is 5.69 Å². The first-order chi connectivity index (χ1) is 13.7. The third-order valence-corrected chi connectivity index (χ3v) is 3.67. The number of amides is 1. The topological polar surface area (TPSA) is 140 Å². The number of para-hydroxylation sites is 1. The Morgan fingerprint density at radius 3 is 2.28 bits per heavy atom. The maximum atomic E-state index is 12.0. The number of aliphatic carboxylic acids is 2. The number of rotatable bonds is 8. The van der Waals surface area contributed by atoms with Crippen LogP contribution < -0.4 is 10.7 Å². The van der Waals surface area contributed by atoms with Gasteiger partial charge in [-0.3, -0.25) is 9.59 Å². The minimum absolute atomic E-state index is 0.137. The molecule has 9 heteroatoms. The first-order valence-electron chi connectivity index (χ1n) is 8.89. The van der Waals surface area contributed by atoms with Gasteiger partial charge in [-0.25, -0.2) is 9.59 Å². The summed E-state index contributed by atoms with van der Waals surface area (Å²) in [5.41, 5.74) is 0.858. The van der Waals surface area contributed by atoms with Crippen LogP contribution in [0.25, 0.3) is 10.9 Å². The summed E-state index contributed by atoms with van der Waals surface area (Å²) in [5.74, 6) is -2.75. The molecule has 0 radical (unpaired) electrons. The van der Waals surface area contributed by atoms with E-state index in [1.165, 1.54) is 6.07 Å². The lowest BCUT2D eigenvalue weighted by Crippen LogP contribution is -2.27. The zero-order chi connectivity index (χ0) is 21.8. The molecular formula is C20H25N3O6. The van der Waals surface area contributed by atoms with E-state index in [-0.39, 0.29) is 11.3 Å². The number of aromatic nitrogens is 1. The second kappa shape index (κ2) is 12.1. The van der Waals surface area contributed by atoms with Crippen LogP contribution in [0.4, 0.5) is 0 Å². The van der Waals surface area contributed by atoms with Crippen LogP contribution in [0.2, 0.25) is 0 Å². The van der Waals surface area contributed by atoms with E-state index in [1.54, 1.807) is 12.1 Å². The number of nitrogens with zero attached hydrogens (tertiary/aromatic N) is 1. The van der Waals surface area contributed by atoms with Crippen LogP contribution in [-0.2, 0) is 9.59 Å². The molecule has 4 N–H and O–H groups in total. The normalized spacial score (nSPS) is 10.6. The molecule has 2 aromatic rings. The quantitative estimate of drug-likeness (QED) is 0.385. The van der Waals surface area contributed by atoms with Crippen molar-refractivity contribution in [1.82, 2.24) is 15.2 Å². The molecule has 1 aromatic heterocycles. The number of benzene rings is 1. The summed E-state index contributed by atoms with van der Waals surface area (Å²) in [6, 6.07) is 8.54. The lowest BCUT2D eigenvalue weighted by Gasteiger charge is -2.09. The third kappa shape index (κ3) is 9.34. The van der Waals surface area contributed by atoms with Crippen LogP contribution in [0.15, 0.2) is 47.3 Å². The van der Waals surface area contributed by atoms with Crippen molar-refractivity contribution in [3.8, 4) is 0 Å². The van der Waals surface area contributed by atoms with E-state index >= 15 is 0 Å². The Balaban J connectivity index is 0.000000447. The predicted molar refractivity (Wildman–Crippen MR) is 109 cm³/mol. The van der Waals surface area contributed by atoms with Crippen molar-refractivity contribution in [2.75, 3.05) is 27.2 Å². The molecule has 1 aromatic carbocycles. The molecule has 0 bridgehead atoms. The van der Waals surface area contributed by atoms with Gasteiger partial charge in [0.2, 0.25) is 0 Å². The summed E-state index contributed by atoms with van der Waals surface area (Å²) in [5, 5.41) is 19.1. The fourth-order valence-electron chi connectivity index (χ4n) is 2.31. The maximum absolute atomic E-state index is 12.0. The first kappa shape index (κ1) is 23.6. The van der Waals surface area contributed by atoms with E-state index in [0.717, 1.165) is 19.4 Å². The number of hydrogen-bond acceptors (Lipinski definition) is 5. The van der Waals surface area contributed by atoms with Gasteiger partial charge in [-0.15, -0.1) is 0 Å². The molecule has 0 atom stereocenters. The number of unbranched alkanes of at least 4 members (excludes halogenated alkanes) is 1. The Labute approximate surface area is 167 Å². The molecule has 156 valence electrons. The molecule has 0 saturated heterocycles. The molecule has 0 saturated carbocycles. The lowest BCUT2D eigenvalue weighted by molar-refractivity contribution is -0.134. The molecule has 0 aliphatic rings. The van der Waals surface area contributed by atoms with Gasteiger partial charge < -0.3 is 25.4 Å². The minimum Gasteiger partial charge on any atom is -0.478 e. The molecule has 0 aliphatic carbocycles. The van der Waals surface area contributed by atoms with Crippen LogP contribution in [0.1, 0.15) is 23.3 Å². The van der Waals surface area contributed by atoms with E-state index in [0.29, 0.717) is 35.3 Å². The summed E-state index contributed by atoms with van der Waals surface area (Å²) in [4.78, 5) is 48.2. The van der Waals surface area contributed by atoms with Gasteiger partial charge in [0.15, 0.2) is 5.43 Å². The highest BCUT2D eigenvalue weighted by Crippen LogP contribution is 2.07. The number of carbonyl (C=O) groups is 3. The Morgan fingerprint density at radius 1 is 1.07 bits per heavy atom. The van der Waals surface area contributed by atoms with Gasteiger partial charge in [0.05, 0.1) is 0 Å². The number of carbonyl (C=O) groups excluding carboxylic acids is 1. The highest BCUT2D eigenvalue weighted by Gasteiger charge is 2.08. The SMILES string of the molecule is CN(C)CCCCNC(=O)c1cc(=O)c2ccccc2[nH]1.O=C(O)/C=C\C(=O)O. The number of carboxylic acids is 2. The highest BCUT2D eigenvalue weighted by molar-refractivity contribution is 5.94. The zero-order valence-corrected chi connectivity index (χ0v) is 16.3. The van der Waals surface area contributed by atoms with Gasteiger partial charge in [-0.05, 0) is 45.6 Å². The van der Waals surface area contributed by atoms with E-state index in [9.17, 15) is 19.2 Å². The molecule has 2 rings (SSSR count). The second-order valence-electron chi connectivity index (χ2n) is 6.37. The van der Waals surface area contributed by atoms with E-state index in [4.69, 9.17) is 10.2 Å². The molecule has 9 nitrogen and oxygen atoms in total. The number of H-pyrrole nitrogens is 1. The molecule has 29 heavy (non-hydrogen) atoms. The lowest BCUT2D eigenvalue weighted by atomic mass is 10.2. The van der Waals surface area contributed by atoms with Crippen molar-refractivity contribution < 1.29 is 24.6 Å². The largest absolute Gasteiger partial charge is 0.478 e. The number of fused-ring (bicyclic) bond motifs is 1. The average Bonchev–Trinajstić information content (AvgIpc) is 2.66. The maximum Gasteiger partial charge on any atom is 0.328 e. The average molecular weight is 403 g/mol. The monoisotopic (exact) mass is 403 g/mol. The van der Waals surface area contributed by atoms with Gasteiger partial charge in [-0.2, -0.15) is 0 Å². The number of hydrogen-bond donors (Lipinski definition) is 4. The predicted octanol–water partition coefficient (Wildman–Crippen LogP) is 1.31. The number of carboxylic acid groups (broad SMARTS) is 2. The molecule has 0 aliphatic heterocycles. The fraction of sp³-hybridized carbons (Fsp3) is 0.300. The molecule has 0 spiro atoms. The third-order valence-electron chi connectivity index (χ3n) is 3.67. The smallest absolute Gasteiger partial charge is 0.328 e. The van der Waals surface area contributed by atoms with Crippen LogP contribution in [0.3, 0.4) is 0 Å². The van der Waals surface area contributed by atoms with Gasteiger partial charge in [0, 0.05) is 35.7 Å². The van der Waals surface area contributed by atoms with Crippen molar-refractivity contribution in [3.63, 3.8) is 0 Å². The van der Waals surface area contributed by atoms with E-state index in [2.05, 4.69) is 15.2 Å². The van der Waals surface area contributed by atoms with E-state index in [1.807, 2.05) is 26.2 Å². The minimum atomic E-state index is -1.26. The summed E-state index contributed by atoms with van der Waals surface area (Å²) in [6.45, 7) is 1.62.